The van der Waals surface area contributed by atoms with Crippen molar-refractivity contribution in [2.75, 3.05) is 6.54 Å². The van der Waals surface area contributed by atoms with E-state index in [1.54, 1.807) is 17.8 Å². The molecule has 0 amide bonds. The Labute approximate surface area is 143 Å². The van der Waals surface area contributed by atoms with Crippen molar-refractivity contribution in [2.45, 2.75) is 33.4 Å². The molecule has 0 bridgehead atoms. The van der Waals surface area contributed by atoms with E-state index in [2.05, 4.69) is 36.9 Å². The molecule has 3 nitrogen and oxygen atoms in total. The summed E-state index contributed by atoms with van der Waals surface area (Å²) >= 11 is 1.63. The zero-order chi connectivity index (χ0) is 17.0. The van der Waals surface area contributed by atoms with Crippen LogP contribution in [-0.2, 0) is 6.54 Å². The van der Waals surface area contributed by atoms with Gasteiger partial charge < -0.3 is 10.0 Å². The van der Waals surface area contributed by atoms with Crippen molar-refractivity contribution in [1.29, 1.82) is 0 Å². The van der Waals surface area contributed by atoms with E-state index in [0.29, 0.717) is 0 Å². The summed E-state index contributed by atoms with van der Waals surface area (Å²) in [7, 11) is 0. The normalized spacial score (nSPS) is 16.6. The summed E-state index contributed by atoms with van der Waals surface area (Å²) in [6, 6.07) is 4.05. The van der Waals surface area contributed by atoms with E-state index in [1.165, 1.54) is 10.5 Å². The summed E-state index contributed by atoms with van der Waals surface area (Å²) in [5.41, 5.74) is 4.49. The van der Waals surface area contributed by atoms with Gasteiger partial charge in [-0.25, -0.2) is 0 Å². The number of aliphatic hydroxyl groups is 1. The summed E-state index contributed by atoms with van der Waals surface area (Å²) in [6.45, 7) is 15.4. The second-order valence-electron chi connectivity index (χ2n) is 5.71. The third kappa shape index (κ3) is 4.15. The number of allylic oxidation sites excluding steroid dienone is 2. The molecule has 1 atom stereocenters. The van der Waals surface area contributed by atoms with Gasteiger partial charge in [0.1, 0.15) is 0 Å². The predicted molar refractivity (Wildman–Crippen MR) is 98.7 cm³/mol. The third-order valence-corrected chi connectivity index (χ3v) is 5.15. The number of nitrogens with zero attached hydrogens (tertiary/aromatic N) is 2. The molecule has 2 heterocycles. The number of pyridine rings is 1. The SMILES string of the molecule is C=CC(=C)SC1=C(C)C(C(C)O)=C(C)N(Cc2ccncc2)C1. The van der Waals surface area contributed by atoms with Crippen molar-refractivity contribution in [3.8, 4) is 0 Å². The first-order chi connectivity index (χ1) is 10.9. The van der Waals surface area contributed by atoms with Crippen LogP contribution in [-0.4, -0.2) is 27.6 Å². The summed E-state index contributed by atoms with van der Waals surface area (Å²) in [5.74, 6) is 0. The van der Waals surface area contributed by atoms with Crippen LogP contribution in [0.1, 0.15) is 26.3 Å². The molecule has 2 rings (SSSR count). The lowest BCUT2D eigenvalue weighted by molar-refractivity contribution is 0.223. The van der Waals surface area contributed by atoms with Crippen LogP contribution in [0.15, 0.2) is 70.4 Å². The molecule has 0 radical (unpaired) electrons. The van der Waals surface area contributed by atoms with Gasteiger partial charge in [-0.1, -0.05) is 31.0 Å². The van der Waals surface area contributed by atoms with Gasteiger partial charge in [0.05, 0.1) is 6.10 Å². The number of hydrogen-bond acceptors (Lipinski definition) is 4. The molecule has 1 aromatic rings. The highest BCUT2D eigenvalue weighted by atomic mass is 32.2. The summed E-state index contributed by atoms with van der Waals surface area (Å²) in [4.78, 5) is 8.50. The Morgan fingerprint density at radius 1 is 1.43 bits per heavy atom. The quantitative estimate of drug-likeness (QED) is 0.792. The Morgan fingerprint density at radius 3 is 2.65 bits per heavy atom. The van der Waals surface area contributed by atoms with Crippen LogP contribution in [0.3, 0.4) is 0 Å². The Balaban J connectivity index is 2.35. The molecular weight excluding hydrogens is 304 g/mol. The number of hydrogen-bond donors (Lipinski definition) is 1. The van der Waals surface area contributed by atoms with Gasteiger partial charge in [0.25, 0.3) is 0 Å². The van der Waals surface area contributed by atoms with Gasteiger partial charge in [-0.3, -0.25) is 4.98 Å². The molecule has 0 saturated heterocycles. The third-order valence-electron chi connectivity index (χ3n) is 4.04. The molecule has 1 aromatic heterocycles. The molecule has 0 spiro atoms. The monoisotopic (exact) mass is 328 g/mol. The van der Waals surface area contributed by atoms with E-state index in [1.807, 2.05) is 31.5 Å². The second kappa shape index (κ2) is 7.66. The summed E-state index contributed by atoms with van der Waals surface area (Å²) in [6.07, 6.45) is 4.89. The maximum atomic E-state index is 10.2. The first kappa shape index (κ1) is 17.6. The molecule has 1 N–H and O–H groups in total. The van der Waals surface area contributed by atoms with Crippen molar-refractivity contribution in [2.24, 2.45) is 0 Å². The van der Waals surface area contributed by atoms with Gasteiger partial charge in [0.2, 0.25) is 0 Å². The fourth-order valence-electron chi connectivity index (χ4n) is 2.81. The molecular formula is C19H24N2OS. The summed E-state index contributed by atoms with van der Waals surface area (Å²) in [5, 5.41) is 10.2. The Hall–Kier alpha value is -1.78. The molecule has 1 aliphatic rings. The van der Waals surface area contributed by atoms with Crippen molar-refractivity contribution < 1.29 is 5.11 Å². The highest BCUT2D eigenvalue weighted by Crippen LogP contribution is 2.38. The smallest absolute Gasteiger partial charge is 0.0781 e. The molecule has 122 valence electrons. The van der Waals surface area contributed by atoms with Crippen LogP contribution < -0.4 is 0 Å². The average molecular weight is 328 g/mol. The van der Waals surface area contributed by atoms with Crippen LogP contribution in [0.5, 0.6) is 0 Å². The fourth-order valence-corrected chi connectivity index (χ4v) is 3.69. The molecule has 0 aliphatic carbocycles. The van der Waals surface area contributed by atoms with E-state index in [4.69, 9.17) is 0 Å². The van der Waals surface area contributed by atoms with Crippen molar-refractivity contribution in [3.05, 3.63) is 76.0 Å². The van der Waals surface area contributed by atoms with Gasteiger partial charge in [0.15, 0.2) is 0 Å². The number of thioether (sulfide) groups is 1. The number of aliphatic hydroxyl groups excluding tert-OH is 1. The van der Waals surface area contributed by atoms with E-state index < -0.39 is 6.10 Å². The molecule has 4 heteroatoms. The van der Waals surface area contributed by atoms with Crippen molar-refractivity contribution >= 4 is 11.8 Å². The molecule has 23 heavy (non-hydrogen) atoms. The van der Waals surface area contributed by atoms with E-state index in [9.17, 15) is 5.11 Å². The lowest BCUT2D eigenvalue weighted by atomic mass is 9.96. The van der Waals surface area contributed by atoms with Crippen LogP contribution in [0.4, 0.5) is 0 Å². The predicted octanol–water partition coefficient (Wildman–Crippen LogP) is 4.26. The molecule has 0 fully saturated rings. The number of rotatable bonds is 6. The summed E-state index contributed by atoms with van der Waals surface area (Å²) < 4.78 is 0. The maximum Gasteiger partial charge on any atom is 0.0781 e. The van der Waals surface area contributed by atoms with Crippen molar-refractivity contribution in [3.63, 3.8) is 0 Å². The number of aromatic nitrogens is 1. The van der Waals surface area contributed by atoms with Gasteiger partial charge in [0, 0.05) is 46.6 Å². The molecule has 0 saturated carbocycles. The van der Waals surface area contributed by atoms with E-state index in [0.717, 1.165) is 34.8 Å². The van der Waals surface area contributed by atoms with Gasteiger partial charge in [-0.05, 0) is 44.0 Å². The van der Waals surface area contributed by atoms with Crippen molar-refractivity contribution in [1.82, 2.24) is 9.88 Å². The van der Waals surface area contributed by atoms with Crippen LogP contribution in [0.2, 0.25) is 0 Å². The maximum absolute atomic E-state index is 10.2. The zero-order valence-corrected chi connectivity index (χ0v) is 14.9. The largest absolute Gasteiger partial charge is 0.389 e. The van der Waals surface area contributed by atoms with E-state index >= 15 is 0 Å². The molecule has 1 unspecified atom stereocenters. The lowest BCUT2D eigenvalue weighted by Gasteiger charge is -2.35. The minimum atomic E-state index is -0.497. The van der Waals surface area contributed by atoms with Gasteiger partial charge >= 0.3 is 0 Å². The molecule has 1 aliphatic heterocycles. The van der Waals surface area contributed by atoms with Crippen LogP contribution in [0, 0.1) is 0 Å². The van der Waals surface area contributed by atoms with E-state index in [-0.39, 0.29) is 0 Å². The topological polar surface area (TPSA) is 36.4 Å². The standard InChI is InChI=1S/C19H24N2OS/c1-6-13(2)23-18-12-21(11-17-7-9-20-10-8-17)15(4)19(14(18)3)16(5)22/h6-10,16,22H,1-2,11-12H2,3-5H3. The zero-order valence-electron chi connectivity index (χ0n) is 14.0. The van der Waals surface area contributed by atoms with Crippen LogP contribution >= 0.6 is 11.8 Å². The highest BCUT2D eigenvalue weighted by molar-refractivity contribution is 8.06. The Bertz CT molecular complexity index is 659. The first-order valence-electron chi connectivity index (χ1n) is 7.66. The minimum absolute atomic E-state index is 0.497. The highest BCUT2D eigenvalue weighted by Gasteiger charge is 2.25. The second-order valence-corrected chi connectivity index (χ2v) is 6.93. The van der Waals surface area contributed by atoms with Gasteiger partial charge in [-0.15, -0.1) is 0 Å². The first-order valence-corrected chi connectivity index (χ1v) is 8.47. The fraction of sp³-hybridized carbons (Fsp3) is 0.316. The molecule has 0 aromatic carbocycles. The Morgan fingerprint density at radius 2 is 2.09 bits per heavy atom. The van der Waals surface area contributed by atoms with Gasteiger partial charge in [-0.2, -0.15) is 0 Å². The average Bonchev–Trinajstić information content (AvgIpc) is 2.52. The lowest BCUT2D eigenvalue weighted by Crippen LogP contribution is -2.31. The minimum Gasteiger partial charge on any atom is -0.389 e. The Kier molecular flexibility index (Phi) is 5.85. The van der Waals surface area contributed by atoms with Crippen LogP contribution in [0.25, 0.3) is 0 Å².